The summed E-state index contributed by atoms with van der Waals surface area (Å²) in [6, 6.07) is 20.0. The third-order valence-electron chi connectivity index (χ3n) is 6.30. The van der Waals surface area contributed by atoms with Crippen molar-refractivity contribution in [2.75, 3.05) is 18.0 Å². The second-order valence-corrected chi connectivity index (χ2v) is 8.15. The minimum absolute atomic E-state index is 0.0893. The molecule has 2 saturated heterocycles. The predicted molar refractivity (Wildman–Crippen MR) is 117 cm³/mol. The van der Waals surface area contributed by atoms with Crippen LogP contribution in [0.3, 0.4) is 0 Å². The van der Waals surface area contributed by atoms with Crippen molar-refractivity contribution in [2.24, 2.45) is 0 Å². The van der Waals surface area contributed by atoms with E-state index >= 15 is 0 Å². The number of likely N-dealkylation sites (tertiary alicyclic amines) is 1. The number of amides is 2. The van der Waals surface area contributed by atoms with E-state index in [0.29, 0.717) is 19.0 Å². The van der Waals surface area contributed by atoms with Crippen molar-refractivity contribution in [1.82, 2.24) is 20.3 Å². The van der Waals surface area contributed by atoms with Crippen LogP contribution in [-0.4, -0.2) is 57.1 Å². The maximum Gasteiger partial charge on any atom is 0.277 e. The average molecular weight is 429 g/mol. The molecule has 1 aromatic heterocycles. The van der Waals surface area contributed by atoms with Crippen LogP contribution in [0.2, 0.25) is 0 Å². The fraction of sp³-hybridized carbons (Fsp3) is 0.250. The molecule has 2 atom stereocenters. The Hall–Kier alpha value is -3.78. The van der Waals surface area contributed by atoms with E-state index in [1.54, 1.807) is 5.48 Å². The molecule has 5 rings (SSSR count). The molecule has 32 heavy (non-hydrogen) atoms. The van der Waals surface area contributed by atoms with Crippen LogP contribution in [0, 0.1) is 0 Å². The summed E-state index contributed by atoms with van der Waals surface area (Å²) >= 11 is 0. The molecule has 0 saturated carbocycles. The Labute approximate surface area is 185 Å². The van der Waals surface area contributed by atoms with Crippen molar-refractivity contribution >= 4 is 17.8 Å². The maximum atomic E-state index is 13.7. The molecule has 0 unspecified atom stereocenters. The summed E-state index contributed by atoms with van der Waals surface area (Å²) in [5.74, 6) is -0.339. The van der Waals surface area contributed by atoms with E-state index in [4.69, 9.17) is 5.21 Å². The molecule has 2 N–H and O–H groups in total. The van der Waals surface area contributed by atoms with Crippen molar-refractivity contribution in [3.05, 3.63) is 89.7 Å². The highest BCUT2D eigenvalue weighted by molar-refractivity contribution is 5.92. The van der Waals surface area contributed by atoms with Crippen LogP contribution in [0.15, 0.2) is 73.1 Å². The molecule has 8 nitrogen and oxygen atoms in total. The molecular formula is C24H23N5O3. The van der Waals surface area contributed by atoms with Gasteiger partial charge in [0.2, 0.25) is 11.9 Å². The summed E-state index contributed by atoms with van der Waals surface area (Å²) in [7, 11) is 0. The Balaban J connectivity index is 1.35. The first-order chi connectivity index (χ1) is 15.7. The highest BCUT2D eigenvalue weighted by atomic mass is 16.5. The van der Waals surface area contributed by atoms with Crippen molar-refractivity contribution in [1.29, 1.82) is 0 Å². The minimum Gasteiger partial charge on any atom is -0.335 e. The molecule has 0 aliphatic carbocycles. The quantitative estimate of drug-likeness (QED) is 0.477. The number of nitrogens with one attached hydrogen (secondary N) is 1. The fourth-order valence-electron chi connectivity index (χ4n) is 4.77. The molecule has 0 spiro atoms. The topological polar surface area (TPSA) is 98.7 Å². The molecule has 2 aliphatic heterocycles. The van der Waals surface area contributed by atoms with Gasteiger partial charge in [0, 0.05) is 25.5 Å². The van der Waals surface area contributed by atoms with Gasteiger partial charge in [-0.3, -0.25) is 14.8 Å². The first kappa shape index (κ1) is 20.1. The highest BCUT2D eigenvalue weighted by Gasteiger charge is 2.47. The molecule has 2 bridgehead atoms. The van der Waals surface area contributed by atoms with Crippen LogP contribution in [0.4, 0.5) is 5.95 Å². The largest absolute Gasteiger partial charge is 0.335 e. The van der Waals surface area contributed by atoms with E-state index in [2.05, 4.69) is 14.9 Å². The number of carbonyl (C=O) groups excluding carboxylic acids is 2. The Bertz CT molecular complexity index is 1070. The molecule has 8 heteroatoms. The van der Waals surface area contributed by atoms with Crippen LogP contribution in [-0.2, 0) is 4.79 Å². The lowest BCUT2D eigenvalue weighted by Gasteiger charge is -2.36. The normalized spacial score (nSPS) is 19.4. The lowest BCUT2D eigenvalue weighted by atomic mass is 9.89. The van der Waals surface area contributed by atoms with Crippen LogP contribution < -0.4 is 10.4 Å². The molecule has 2 amide bonds. The first-order valence-electron chi connectivity index (χ1n) is 10.6. The second-order valence-electron chi connectivity index (χ2n) is 8.15. The number of anilines is 1. The third-order valence-corrected chi connectivity index (χ3v) is 6.30. The van der Waals surface area contributed by atoms with Gasteiger partial charge in [0.15, 0.2) is 0 Å². The van der Waals surface area contributed by atoms with Gasteiger partial charge in [0.25, 0.3) is 5.91 Å². The summed E-state index contributed by atoms with van der Waals surface area (Å²) in [4.78, 5) is 37.9. The Morgan fingerprint density at radius 3 is 2.00 bits per heavy atom. The molecule has 162 valence electrons. The zero-order valence-corrected chi connectivity index (χ0v) is 17.3. The number of hydroxylamine groups is 1. The van der Waals surface area contributed by atoms with Gasteiger partial charge in [-0.2, -0.15) is 0 Å². The standard InChI is InChI=1S/C24H23N5O3/c30-22(27-32)18-12-25-24(26-13-18)29-15-19-11-20(29)14-28(19)23(31)21(16-7-3-1-4-8-16)17-9-5-2-6-10-17/h1-10,12-13,19-21,32H,11,14-15H2,(H,27,30)/t19-,20-/m0/s1. The van der Waals surface area contributed by atoms with E-state index in [-0.39, 0.29) is 29.5 Å². The van der Waals surface area contributed by atoms with Gasteiger partial charge in [0.05, 0.1) is 23.6 Å². The Kier molecular flexibility index (Phi) is 5.28. The fourth-order valence-corrected chi connectivity index (χ4v) is 4.77. The number of benzene rings is 2. The van der Waals surface area contributed by atoms with Crippen molar-refractivity contribution in [3.8, 4) is 0 Å². The molecular weight excluding hydrogens is 406 g/mol. The Morgan fingerprint density at radius 2 is 1.50 bits per heavy atom. The molecule has 2 aromatic carbocycles. The van der Waals surface area contributed by atoms with Crippen molar-refractivity contribution in [3.63, 3.8) is 0 Å². The maximum absolute atomic E-state index is 13.7. The number of nitrogens with zero attached hydrogens (tertiary/aromatic N) is 4. The average Bonchev–Trinajstić information content (AvgIpc) is 3.46. The van der Waals surface area contributed by atoms with Crippen LogP contribution in [0.1, 0.15) is 33.8 Å². The summed E-state index contributed by atoms with van der Waals surface area (Å²) in [5.41, 5.74) is 3.74. The van der Waals surface area contributed by atoms with Gasteiger partial charge in [-0.1, -0.05) is 60.7 Å². The van der Waals surface area contributed by atoms with Crippen LogP contribution >= 0.6 is 0 Å². The van der Waals surface area contributed by atoms with Gasteiger partial charge < -0.3 is 9.80 Å². The summed E-state index contributed by atoms with van der Waals surface area (Å²) < 4.78 is 0. The molecule has 3 aromatic rings. The zero-order chi connectivity index (χ0) is 22.1. The van der Waals surface area contributed by atoms with Gasteiger partial charge in [-0.15, -0.1) is 0 Å². The van der Waals surface area contributed by atoms with E-state index in [9.17, 15) is 9.59 Å². The number of piperazine rings is 1. The van der Waals surface area contributed by atoms with Gasteiger partial charge in [0.1, 0.15) is 0 Å². The molecule has 3 heterocycles. The zero-order valence-electron chi connectivity index (χ0n) is 17.3. The number of hydrogen-bond donors (Lipinski definition) is 2. The highest BCUT2D eigenvalue weighted by Crippen LogP contribution is 2.36. The van der Waals surface area contributed by atoms with Crippen molar-refractivity contribution in [2.45, 2.75) is 24.4 Å². The number of hydrogen-bond acceptors (Lipinski definition) is 6. The number of carbonyl (C=O) groups is 2. The van der Waals surface area contributed by atoms with Gasteiger partial charge >= 0.3 is 0 Å². The number of rotatable bonds is 5. The van der Waals surface area contributed by atoms with E-state index in [1.165, 1.54) is 12.4 Å². The van der Waals surface area contributed by atoms with Crippen molar-refractivity contribution < 1.29 is 14.8 Å². The van der Waals surface area contributed by atoms with E-state index in [0.717, 1.165) is 17.5 Å². The summed E-state index contributed by atoms with van der Waals surface area (Å²) in [5, 5.41) is 8.74. The van der Waals surface area contributed by atoms with Crippen LogP contribution in [0.5, 0.6) is 0 Å². The first-order valence-corrected chi connectivity index (χ1v) is 10.6. The summed E-state index contributed by atoms with van der Waals surface area (Å²) in [6.07, 6.45) is 3.65. The minimum atomic E-state index is -0.649. The van der Waals surface area contributed by atoms with Gasteiger partial charge in [-0.05, 0) is 17.5 Å². The van der Waals surface area contributed by atoms with E-state index < -0.39 is 5.91 Å². The van der Waals surface area contributed by atoms with Crippen LogP contribution in [0.25, 0.3) is 0 Å². The smallest absolute Gasteiger partial charge is 0.277 e. The van der Waals surface area contributed by atoms with E-state index in [1.807, 2.05) is 65.6 Å². The third kappa shape index (κ3) is 3.58. The lowest BCUT2D eigenvalue weighted by molar-refractivity contribution is -0.133. The molecule has 2 aliphatic rings. The number of fused-ring (bicyclic) bond motifs is 2. The molecule has 0 radical (unpaired) electrons. The Morgan fingerprint density at radius 1 is 0.906 bits per heavy atom. The second kappa shape index (κ2) is 8.39. The number of aromatic nitrogens is 2. The lowest BCUT2D eigenvalue weighted by Crippen LogP contribution is -2.50. The van der Waals surface area contributed by atoms with Gasteiger partial charge in [-0.25, -0.2) is 15.4 Å². The monoisotopic (exact) mass is 429 g/mol. The summed E-state index contributed by atoms with van der Waals surface area (Å²) in [6.45, 7) is 1.26. The molecule has 2 fully saturated rings. The predicted octanol–water partition coefficient (Wildman–Crippen LogP) is 2.22. The SMILES string of the molecule is O=C(NO)c1cnc(N2C[C@@H]3C[C@H]2CN3C(=O)C(c2ccccc2)c2ccccc2)nc1.